The number of aliphatic carboxylic acids is 1. The number of carboxylic acid groups (broad SMARTS) is 1. The van der Waals surface area contributed by atoms with Crippen LogP contribution < -0.4 is 5.73 Å². The normalized spacial score (nSPS) is 14.8. The van der Waals surface area contributed by atoms with Crippen molar-refractivity contribution in [3.8, 4) is 0 Å². The number of esters is 1. The first kappa shape index (κ1) is 55.9. The quantitative estimate of drug-likeness (QED) is 0.0234. The predicted octanol–water partition coefficient (Wildman–Crippen LogP) is 12.5. The molecule has 0 aliphatic carbocycles. The van der Waals surface area contributed by atoms with E-state index in [1.165, 1.54) is 19.3 Å². The summed E-state index contributed by atoms with van der Waals surface area (Å²) >= 11 is 0. The van der Waals surface area contributed by atoms with Crippen LogP contribution >= 0.6 is 7.82 Å². The highest BCUT2D eigenvalue weighted by atomic mass is 31.2. The lowest BCUT2D eigenvalue weighted by molar-refractivity contribution is -0.154. The van der Waals surface area contributed by atoms with E-state index >= 15 is 0 Å². The fraction of sp³-hybridized carbons (Fsp3) is 0.625. The Balaban J connectivity index is 4.27. The van der Waals surface area contributed by atoms with E-state index in [0.29, 0.717) is 13.0 Å². The van der Waals surface area contributed by atoms with Gasteiger partial charge in [0.05, 0.1) is 19.8 Å². The zero-order chi connectivity index (χ0) is 43.3. The molecule has 336 valence electrons. The third-order valence-electron chi connectivity index (χ3n) is 8.86. The average molecular weight is 846 g/mol. The molecule has 0 saturated heterocycles. The zero-order valence-electron chi connectivity index (χ0n) is 36.6. The summed E-state index contributed by atoms with van der Waals surface area (Å²) in [6.45, 7) is 3.56. The van der Waals surface area contributed by atoms with Gasteiger partial charge >= 0.3 is 19.8 Å². The molecule has 11 heteroatoms. The second kappa shape index (κ2) is 43.0. The van der Waals surface area contributed by atoms with Gasteiger partial charge in [-0.15, -0.1) is 0 Å². The molecular formula is C48H80NO9P. The van der Waals surface area contributed by atoms with Crippen LogP contribution in [-0.2, 0) is 32.7 Å². The minimum Gasteiger partial charge on any atom is -0.480 e. The van der Waals surface area contributed by atoms with Crippen LogP contribution in [0.25, 0.3) is 0 Å². The molecule has 0 rings (SSSR count). The van der Waals surface area contributed by atoms with E-state index in [0.717, 1.165) is 109 Å². The lowest BCUT2D eigenvalue weighted by Crippen LogP contribution is -2.34. The number of hydrogen-bond acceptors (Lipinski definition) is 8. The summed E-state index contributed by atoms with van der Waals surface area (Å²) in [6, 6.07) is -1.48. The molecule has 0 spiro atoms. The lowest BCUT2D eigenvalue weighted by Gasteiger charge is -2.20. The van der Waals surface area contributed by atoms with Crippen LogP contribution in [0.1, 0.15) is 155 Å². The molecule has 0 aliphatic rings. The molecule has 0 saturated carbocycles. The smallest absolute Gasteiger partial charge is 0.472 e. The van der Waals surface area contributed by atoms with Crippen LogP contribution in [0.5, 0.6) is 0 Å². The number of nitrogens with two attached hydrogens (primary N) is 1. The summed E-state index contributed by atoms with van der Waals surface area (Å²) in [5, 5.41) is 8.90. The van der Waals surface area contributed by atoms with Crippen LogP contribution in [0.4, 0.5) is 0 Å². The molecule has 0 heterocycles. The third kappa shape index (κ3) is 42.8. The molecule has 0 radical (unpaired) electrons. The SMILES string of the molecule is CC/C=C\C/C=C\C/C=C\C/C=C\C/C=C\CCCCCCCCCC(=O)OC(COCCCCCC/C=C\C/C=C\C/C=C\CC)COP(=O)(O)OCC(N)C(=O)O. The van der Waals surface area contributed by atoms with E-state index < -0.39 is 45.1 Å². The van der Waals surface area contributed by atoms with Gasteiger partial charge in [-0.2, -0.15) is 0 Å². The lowest BCUT2D eigenvalue weighted by atomic mass is 10.1. The molecule has 0 amide bonds. The van der Waals surface area contributed by atoms with E-state index in [1.807, 2.05) is 0 Å². The molecule has 10 nitrogen and oxygen atoms in total. The van der Waals surface area contributed by atoms with Crippen LogP contribution in [0, 0.1) is 0 Å². The second-order valence-electron chi connectivity index (χ2n) is 14.4. The Morgan fingerprint density at radius 3 is 1.39 bits per heavy atom. The van der Waals surface area contributed by atoms with Crippen molar-refractivity contribution in [2.24, 2.45) is 5.73 Å². The van der Waals surface area contributed by atoms with Crippen LogP contribution in [0.3, 0.4) is 0 Å². The van der Waals surface area contributed by atoms with E-state index in [1.54, 1.807) is 0 Å². The molecule has 0 aromatic heterocycles. The summed E-state index contributed by atoms with van der Waals surface area (Å²) in [7, 11) is -4.63. The van der Waals surface area contributed by atoms with Gasteiger partial charge in [-0.3, -0.25) is 18.6 Å². The molecule has 0 aromatic rings. The van der Waals surface area contributed by atoms with Crippen LogP contribution in [-0.4, -0.2) is 60.5 Å². The molecule has 0 aliphatic heterocycles. The number of rotatable bonds is 41. The highest BCUT2D eigenvalue weighted by molar-refractivity contribution is 7.47. The van der Waals surface area contributed by atoms with Gasteiger partial charge in [0, 0.05) is 13.0 Å². The van der Waals surface area contributed by atoms with E-state index in [9.17, 15) is 19.0 Å². The maximum atomic E-state index is 12.6. The summed E-state index contributed by atoms with van der Waals surface area (Å²) in [4.78, 5) is 33.6. The van der Waals surface area contributed by atoms with Gasteiger partial charge in [-0.25, -0.2) is 4.57 Å². The first-order valence-corrected chi connectivity index (χ1v) is 23.8. The number of unbranched alkanes of at least 4 members (excludes halogenated alkanes) is 11. The van der Waals surface area contributed by atoms with Gasteiger partial charge in [0.2, 0.25) is 0 Å². The van der Waals surface area contributed by atoms with Crippen molar-refractivity contribution in [1.29, 1.82) is 0 Å². The van der Waals surface area contributed by atoms with E-state index in [4.69, 9.17) is 29.4 Å². The molecular weight excluding hydrogens is 766 g/mol. The Labute approximate surface area is 358 Å². The molecule has 59 heavy (non-hydrogen) atoms. The highest BCUT2D eigenvalue weighted by Gasteiger charge is 2.27. The number of hydrogen-bond donors (Lipinski definition) is 3. The number of phosphoric ester groups is 1. The number of phosphoric acid groups is 1. The minimum absolute atomic E-state index is 0.00943. The largest absolute Gasteiger partial charge is 0.480 e. The zero-order valence-corrected chi connectivity index (χ0v) is 37.4. The molecule has 3 unspecified atom stereocenters. The fourth-order valence-corrected chi connectivity index (χ4v) is 6.24. The number of carbonyl (C=O) groups is 2. The third-order valence-corrected chi connectivity index (χ3v) is 9.81. The molecule has 4 N–H and O–H groups in total. The monoisotopic (exact) mass is 846 g/mol. The van der Waals surface area contributed by atoms with Crippen molar-refractivity contribution in [3.05, 3.63) is 97.2 Å². The highest BCUT2D eigenvalue weighted by Crippen LogP contribution is 2.43. The standard InChI is InChI=1S/C48H80NO9P/c1-3-5-7-9-11-13-15-17-19-20-21-22-23-24-25-26-27-28-30-32-34-36-38-40-47(50)58-45(43-56-59(53,54)57-44-46(49)48(51)52)42-55-41-39-37-35-33-31-29-18-16-14-12-10-8-6-4-2/h5-8,11-14,17-19,21-22,24-25,29,45-46H,3-4,9-10,15-16,20,23,26-28,30-44,49H2,1-2H3,(H,51,52)(H,53,54)/b7-5-,8-6-,13-11-,14-12-,19-17-,22-21-,25-24-,29-18-. The Morgan fingerprint density at radius 2 is 0.932 bits per heavy atom. The Bertz CT molecular complexity index is 1300. The van der Waals surface area contributed by atoms with Gasteiger partial charge < -0.3 is 25.2 Å². The van der Waals surface area contributed by atoms with Gasteiger partial charge in [-0.05, 0) is 89.9 Å². The Kier molecular flexibility index (Phi) is 40.7. The minimum atomic E-state index is -4.63. The molecule has 0 aromatic carbocycles. The van der Waals surface area contributed by atoms with Crippen molar-refractivity contribution in [1.82, 2.24) is 0 Å². The molecule has 0 fully saturated rings. The van der Waals surface area contributed by atoms with Crippen molar-refractivity contribution in [2.75, 3.05) is 26.4 Å². The average Bonchev–Trinajstić information content (AvgIpc) is 3.21. The van der Waals surface area contributed by atoms with Crippen molar-refractivity contribution in [3.63, 3.8) is 0 Å². The van der Waals surface area contributed by atoms with Crippen molar-refractivity contribution in [2.45, 2.75) is 167 Å². The van der Waals surface area contributed by atoms with Crippen molar-refractivity contribution >= 4 is 19.8 Å². The fourth-order valence-electron chi connectivity index (χ4n) is 5.47. The van der Waals surface area contributed by atoms with E-state index in [2.05, 4.69) is 111 Å². The summed E-state index contributed by atoms with van der Waals surface area (Å²) < 4.78 is 33.3. The number of ether oxygens (including phenoxy) is 2. The maximum absolute atomic E-state index is 12.6. The van der Waals surface area contributed by atoms with Gasteiger partial charge in [0.15, 0.2) is 0 Å². The maximum Gasteiger partial charge on any atom is 0.472 e. The Hall–Kier alpha value is -3.11. The van der Waals surface area contributed by atoms with Crippen LogP contribution in [0.2, 0.25) is 0 Å². The molecule has 3 atom stereocenters. The topological polar surface area (TPSA) is 155 Å². The number of carboxylic acids is 1. The molecule has 0 bridgehead atoms. The van der Waals surface area contributed by atoms with Gasteiger partial charge in [0.25, 0.3) is 0 Å². The first-order chi connectivity index (χ1) is 28.7. The first-order valence-electron chi connectivity index (χ1n) is 22.3. The van der Waals surface area contributed by atoms with Crippen molar-refractivity contribution < 1.29 is 42.7 Å². The van der Waals surface area contributed by atoms with Gasteiger partial charge in [0.1, 0.15) is 12.1 Å². The number of carbonyl (C=O) groups excluding carboxylic acids is 1. The summed E-state index contributed by atoms with van der Waals surface area (Å²) in [5.41, 5.74) is 5.35. The van der Waals surface area contributed by atoms with Crippen LogP contribution in [0.15, 0.2) is 97.2 Å². The summed E-state index contributed by atoms with van der Waals surface area (Å²) in [6.07, 6.45) is 56.0. The van der Waals surface area contributed by atoms with E-state index in [-0.39, 0.29) is 13.0 Å². The van der Waals surface area contributed by atoms with Gasteiger partial charge in [-0.1, -0.05) is 156 Å². The number of allylic oxidation sites excluding steroid dienone is 16. The summed E-state index contributed by atoms with van der Waals surface area (Å²) in [5.74, 6) is -1.81. The predicted molar refractivity (Wildman–Crippen MR) is 244 cm³/mol. The second-order valence-corrected chi connectivity index (χ2v) is 15.9. The Morgan fingerprint density at radius 1 is 0.542 bits per heavy atom.